The van der Waals surface area contributed by atoms with Crippen LogP contribution in [0.1, 0.15) is 117 Å². The molecule has 0 aromatic rings. The van der Waals surface area contributed by atoms with Gasteiger partial charge in [-0.05, 0) is 57.8 Å². The number of rotatable bonds is 29. The van der Waals surface area contributed by atoms with Crippen molar-refractivity contribution in [1.82, 2.24) is 0 Å². The summed E-state index contributed by atoms with van der Waals surface area (Å²) >= 11 is 0. The van der Waals surface area contributed by atoms with Gasteiger partial charge in [0, 0.05) is 19.3 Å². The maximum absolute atomic E-state index is 12.5. The number of carbonyl (C=O) groups is 3. The van der Waals surface area contributed by atoms with Crippen molar-refractivity contribution in [2.75, 3.05) is 41.0 Å². The van der Waals surface area contributed by atoms with E-state index in [1.165, 1.54) is 12.8 Å². The monoisotopic (exact) mass is 634 g/mol. The maximum atomic E-state index is 12.5. The number of esters is 2. The van der Waals surface area contributed by atoms with Crippen LogP contribution in [0.4, 0.5) is 0 Å². The molecule has 0 aromatic heterocycles. The molecule has 0 rings (SSSR count). The van der Waals surface area contributed by atoms with E-state index in [0.717, 1.165) is 64.2 Å². The fourth-order valence-corrected chi connectivity index (χ4v) is 4.50. The lowest BCUT2D eigenvalue weighted by Gasteiger charge is -2.31. The summed E-state index contributed by atoms with van der Waals surface area (Å²) in [7, 11) is 5.48. The summed E-state index contributed by atoms with van der Waals surface area (Å²) in [4.78, 5) is 36.5. The number of ether oxygens (including phenoxy) is 3. The molecular weight excluding hydrogens is 570 g/mol. The molecule has 0 radical (unpaired) electrons. The number of carboxylic acids is 1. The summed E-state index contributed by atoms with van der Waals surface area (Å²) in [5.41, 5.74) is 0. The van der Waals surface area contributed by atoms with E-state index in [2.05, 4.69) is 62.5 Å². The standard InChI is InChI=1S/C37H63NO7/c1-6-8-10-12-14-16-18-20-22-24-26-28-36(40)45-33(31-43-30-29-34(37(41)42)38(3,4)5)32-44-35(39)27-25-23-21-19-17-15-13-11-9-7-2/h8,10,13-16,20,22,33-34H,6-7,9,11-12,17-19,21,23-32H2,1-5H3/p+1/b10-8+,15-13+,16-14+,22-20+. The quantitative estimate of drug-likeness (QED) is 0.0384. The number of hydrogen-bond donors (Lipinski definition) is 1. The van der Waals surface area contributed by atoms with E-state index in [9.17, 15) is 19.5 Å². The van der Waals surface area contributed by atoms with Crippen LogP contribution >= 0.6 is 0 Å². The lowest BCUT2D eigenvalue weighted by atomic mass is 10.1. The van der Waals surface area contributed by atoms with E-state index >= 15 is 0 Å². The molecule has 0 aliphatic rings. The molecule has 0 saturated carbocycles. The van der Waals surface area contributed by atoms with Gasteiger partial charge < -0.3 is 23.8 Å². The topological polar surface area (TPSA) is 99.1 Å². The number of hydrogen-bond acceptors (Lipinski definition) is 6. The number of likely N-dealkylation sites (N-methyl/N-ethyl adjacent to an activating group) is 1. The second-order valence-corrected chi connectivity index (χ2v) is 12.4. The molecule has 0 spiro atoms. The van der Waals surface area contributed by atoms with Crippen molar-refractivity contribution in [3.63, 3.8) is 0 Å². The third-order valence-corrected chi connectivity index (χ3v) is 7.21. The highest BCUT2D eigenvalue weighted by atomic mass is 16.6. The minimum atomic E-state index is -0.888. The molecule has 0 fully saturated rings. The molecule has 2 unspecified atom stereocenters. The Morgan fingerprint density at radius 3 is 1.91 bits per heavy atom. The number of aliphatic carboxylic acids is 1. The number of allylic oxidation sites excluding steroid dienone is 8. The Bertz CT molecular complexity index is 886. The highest BCUT2D eigenvalue weighted by Crippen LogP contribution is 2.11. The van der Waals surface area contributed by atoms with Gasteiger partial charge in [-0.1, -0.05) is 88.1 Å². The first-order chi connectivity index (χ1) is 21.6. The molecule has 258 valence electrons. The average molecular weight is 635 g/mol. The highest BCUT2D eigenvalue weighted by molar-refractivity contribution is 5.72. The van der Waals surface area contributed by atoms with E-state index in [4.69, 9.17) is 14.2 Å². The smallest absolute Gasteiger partial charge is 0.362 e. The molecule has 0 saturated heterocycles. The first-order valence-corrected chi connectivity index (χ1v) is 17.2. The minimum absolute atomic E-state index is 0.0357. The van der Waals surface area contributed by atoms with Gasteiger partial charge in [0.2, 0.25) is 0 Å². The van der Waals surface area contributed by atoms with Crippen LogP contribution < -0.4 is 0 Å². The lowest BCUT2D eigenvalue weighted by Crippen LogP contribution is -2.50. The molecule has 8 heteroatoms. The van der Waals surface area contributed by atoms with Crippen molar-refractivity contribution >= 4 is 17.9 Å². The van der Waals surface area contributed by atoms with Gasteiger partial charge in [0.15, 0.2) is 12.1 Å². The van der Waals surface area contributed by atoms with Crippen LogP contribution in [0, 0.1) is 0 Å². The van der Waals surface area contributed by atoms with Crippen molar-refractivity contribution in [3.05, 3.63) is 48.6 Å². The second-order valence-electron chi connectivity index (χ2n) is 12.4. The van der Waals surface area contributed by atoms with E-state index in [-0.39, 0.29) is 42.7 Å². The molecule has 0 aliphatic heterocycles. The van der Waals surface area contributed by atoms with E-state index in [0.29, 0.717) is 19.3 Å². The molecule has 0 aliphatic carbocycles. The summed E-state index contributed by atoms with van der Waals surface area (Å²) < 4.78 is 17.0. The van der Waals surface area contributed by atoms with Gasteiger partial charge in [0.05, 0.1) is 34.4 Å². The largest absolute Gasteiger partial charge is 0.477 e. The number of nitrogens with zero attached hydrogens (tertiary/aromatic N) is 1. The van der Waals surface area contributed by atoms with Crippen LogP contribution in [0.25, 0.3) is 0 Å². The Kier molecular flexibility index (Phi) is 27.0. The predicted molar refractivity (Wildman–Crippen MR) is 183 cm³/mol. The second kappa shape index (κ2) is 28.7. The van der Waals surface area contributed by atoms with Gasteiger partial charge in [-0.3, -0.25) is 9.59 Å². The normalized spacial score (nSPS) is 13.7. The number of quaternary nitrogens is 1. The van der Waals surface area contributed by atoms with Crippen molar-refractivity contribution < 1.29 is 38.2 Å². The molecular formula is C37H64NO7+. The van der Waals surface area contributed by atoms with E-state index < -0.39 is 18.1 Å². The first-order valence-electron chi connectivity index (χ1n) is 17.2. The highest BCUT2D eigenvalue weighted by Gasteiger charge is 2.31. The third-order valence-electron chi connectivity index (χ3n) is 7.21. The molecule has 0 bridgehead atoms. The van der Waals surface area contributed by atoms with Gasteiger partial charge >= 0.3 is 17.9 Å². The van der Waals surface area contributed by atoms with Gasteiger partial charge in [-0.15, -0.1) is 0 Å². The Labute approximate surface area is 274 Å². The van der Waals surface area contributed by atoms with Crippen LogP contribution in [0.2, 0.25) is 0 Å². The minimum Gasteiger partial charge on any atom is -0.477 e. The van der Waals surface area contributed by atoms with Gasteiger partial charge in [-0.25, -0.2) is 4.79 Å². The van der Waals surface area contributed by atoms with Gasteiger partial charge in [0.1, 0.15) is 6.61 Å². The van der Waals surface area contributed by atoms with E-state index in [1.807, 2.05) is 21.1 Å². The van der Waals surface area contributed by atoms with Crippen molar-refractivity contribution in [2.45, 2.75) is 129 Å². The maximum Gasteiger partial charge on any atom is 0.362 e. The zero-order valence-electron chi connectivity index (χ0n) is 29.1. The molecule has 0 amide bonds. The number of carboxylic acid groups (broad SMARTS) is 1. The molecule has 8 nitrogen and oxygen atoms in total. The summed E-state index contributed by atoms with van der Waals surface area (Å²) in [5, 5.41) is 9.54. The molecule has 0 aromatic carbocycles. The van der Waals surface area contributed by atoms with Crippen LogP contribution in [0.3, 0.4) is 0 Å². The SMILES string of the molecule is CC/C=C/C/C=C/C/C=C/CCCC(=O)OC(COCCC(C(=O)O)[N+](C)(C)C)COC(=O)CCCCCC/C=C/CCCC. The number of carbonyl (C=O) groups excluding carboxylic acids is 2. The van der Waals surface area contributed by atoms with Crippen LogP contribution in [0.15, 0.2) is 48.6 Å². The van der Waals surface area contributed by atoms with Crippen molar-refractivity contribution in [1.29, 1.82) is 0 Å². The Morgan fingerprint density at radius 2 is 1.27 bits per heavy atom. The summed E-state index contributed by atoms with van der Waals surface area (Å²) in [6, 6.07) is -0.623. The van der Waals surface area contributed by atoms with E-state index in [1.54, 1.807) is 0 Å². The zero-order chi connectivity index (χ0) is 33.6. The average Bonchev–Trinajstić information content (AvgIpc) is 2.98. The Morgan fingerprint density at radius 1 is 0.689 bits per heavy atom. The van der Waals surface area contributed by atoms with Crippen LogP contribution in [-0.2, 0) is 28.6 Å². The van der Waals surface area contributed by atoms with Crippen molar-refractivity contribution in [2.24, 2.45) is 0 Å². The molecule has 1 N–H and O–H groups in total. The summed E-state index contributed by atoms with van der Waals surface area (Å²) in [6.07, 6.45) is 30.3. The zero-order valence-corrected chi connectivity index (χ0v) is 29.1. The molecule has 0 heterocycles. The molecule has 2 atom stereocenters. The van der Waals surface area contributed by atoms with Crippen molar-refractivity contribution in [3.8, 4) is 0 Å². The van der Waals surface area contributed by atoms with Gasteiger partial charge in [0.25, 0.3) is 0 Å². The lowest BCUT2D eigenvalue weighted by molar-refractivity contribution is -0.887. The van der Waals surface area contributed by atoms with Crippen LogP contribution in [-0.4, -0.2) is 80.6 Å². The fourth-order valence-electron chi connectivity index (χ4n) is 4.50. The van der Waals surface area contributed by atoms with Crippen LogP contribution in [0.5, 0.6) is 0 Å². The number of unbranched alkanes of at least 4 members (excludes halogenated alkanes) is 7. The summed E-state index contributed by atoms with van der Waals surface area (Å²) in [5.74, 6) is -1.57. The summed E-state index contributed by atoms with van der Waals surface area (Å²) in [6.45, 7) is 4.46. The Hall–Kier alpha value is -2.71. The Balaban J connectivity index is 4.59. The third kappa shape index (κ3) is 27.3. The predicted octanol–water partition coefficient (Wildman–Crippen LogP) is 8.12. The molecule has 45 heavy (non-hydrogen) atoms. The van der Waals surface area contributed by atoms with Gasteiger partial charge in [-0.2, -0.15) is 0 Å². The first kappa shape index (κ1) is 42.3. The fraction of sp³-hybridized carbons (Fsp3) is 0.703.